The summed E-state index contributed by atoms with van der Waals surface area (Å²) in [6, 6.07) is 8.73. The molecule has 38 heavy (non-hydrogen) atoms. The molecule has 1 unspecified atom stereocenters. The minimum absolute atomic E-state index is 0.0374. The maximum absolute atomic E-state index is 13.4. The van der Waals surface area contributed by atoms with Crippen molar-refractivity contribution in [2.45, 2.75) is 83.5 Å². The van der Waals surface area contributed by atoms with E-state index < -0.39 is 17.2 Å². The third kappa shape index (κ3) is 5.52. The van der Waals surface area contributed by atoms with Gasteiger partial charge in [0.2, 0.25) is 5.91 Å². The number of carbonyl (C=O) groups is 2. The van der Waals surface area contributed by atoms with Crippen molar-refractivity contribution in [3.05, 3.63) is 59.4 Å². The number of amides is 2. The normalized spacial score (nSPS) is 23.1. The Balaban J connectivity index is 1.60. The van der Waals surface area contributed by atoms with Crippen molar-refractivity contribution in [2.75, 3.05) is 0 Å². The highest BCUT2D eigenvalue weighted by Gasteiger charge is 2.43. The second-order valence-corrected chi connectivity index (χ2v) is 11.4. The first-order valence-corrected chi connectivity index (χ1v) is 13.1. The van der Waals surface area contributed by atoms with Crippen molar-refractivity contribution in [1.29, 1.82) is 5.41 Å². The molecule has 3 heterocycles. The van der Waals surface area contributed by atoms with E-state index in [2.05, 4.69) is 21.5 Å². The average Bonchev–Trinajstić information content (AvgIpc) is 2.84. The number of para-hydroxylation sites is 1. The summed E-state index contributed by atoms with van der Waals surface area (Å²) in [4.78, 5) is 32.6. The number of hydrogen-bond acceptors (Lipinski definition) is 5. The van der Waals surface area contributed by atoms with E-state index in [-0.39, 0.29) is 36.2 Å². The van der Waals surface area contributed by atoms with Gasteiger partial charge in [-0.25, -0.2) is 0 Å². The van der Waals surface area contributed by atoms with Crippen LogP contribution in [0.25, 0.3) is 0 Å². The summed E-state index contributed by atoms with van der Waals surface area (Å²) in [6.45, 7) is 10.0. The molecule has 1 aromatic heterocycles. The van der Waals surface area contributed by atoms with E-state index in [1.807, 2.05) is 58.9 Å². The number of aromatic nitrogens is 1. The molecule has 1 fully saturated rings. The number of nitrogens with one attached hydrogen (secondary N) is 3. The zero-order valence-corrected chi connectivity index (χ0v) is 22.8. The molecule has 3 N–H and O–H groups in total. The minimum atomic E-state index is -0.516. The first-order chi connectivity index (χ1) is 17.9. The zero-order chi connectivity index (χ0) is 27.7. The van der Waals surface area contributed by atoms with Crippen LogP contribution in [0.3, 0.4) is 0 Å². The van der Waals surface area contributed by atoms with Crippen LogP contribution >= 0.6 is 0 Å². The zero-order valence-electron chi connectivity index (χ0n) is 22.8. The van der Waals surface area contributed by atoms with Gasteiger partial charge in [0.1, 0.15) is 11.4 Å². The Labute approximate surface area is 225 Å². The number of carbonyl (C=O) groups excluding carboxylic acids is 2. The molecule has 0 radical (unpaired) electrons. The van der Waals surface area contributed by atoms with Crippen molar-refractivity contribution >= 4 is 17.8 Å². The quantitative estimate of drug-likeness (QED) is 0.462. The number of benzene rings is 1. The molecule has 8 heteroatoms. The van der Waals surface area contributed by atoms with Gasteiger partial charge in [0.25, 0.3) is 5.91 Å². The molecule has 1 aromatic carbocycles. The van der Waals surface area contributed by atoms with E-state index in [9.17, 15) is 9.59 Å². The lowest BCUT2D eigenvalue weighted by Gasteiger charge is -2.45. The van der Waals surface area contributed by atoms with Gasteiger partial charge < -0.3 is 15.4 Å². The Morgan fingerprint density at radius 3 is 2.74 bits per heavy atom. The van der Waals surface area contributed by atoms with Gasteiger partial charge in [-0.15, -0.1) is 12.3 Å². The molecule has 1 saturated heterocycles. The summed E-state index contributed by atoms with van der Waals surface area (Å²) in [5.74, 6) is 3.18. The standard InChI is InChI=1S/C30H37N5O3/c1-7-8-12-24(35-26(36)16-30(6,19(2)3)34-28(35)31)20-14-21(18-32-17-20)27(37)33-23-15-29(4,5)38-25-13-10-9-11-22(23)25/h1,9-11,13-14,17-19,23-24H,8,12,15-16H2,2-6H3,(H2,31,34)(H,33,37)/t23-,24?,30-/m0/s1. The van der Waals surface area contributed by atoms with Crippen LogP contribution in [0.2, 0.25) is 0 Å². The topological polar surface area (TPSA) is 107 Å². The van der Waals surface area contributed by atoms with Crippen LogP contribution in [-0.2, 0) is 4.79 Å². The molecular formula is C30H37N5O3. The summed E-state index contributed by atoms with van der Waals surface area (Å²) >= 11 is 0. The third-order valence-electron chi connectivity index (χ3n) is 7.67. The molecule has 2 aliphatic rings. The molecule has 0 spiro atoms. The van der Waals surface area contributed by atoms with Crippen LogP contribution in [-0.4, -0.2) is 38.8 Å². The van der Waals surface area contributed by atoms with Gasteiger partial charge in [0.15, 0.2) is 5.96 Å². The van der Waals surface area contributed by atoms with E-state index in [4.69, 9.17) is 16.6 Å². The lowest BCUT2D eigenvalue weighted by molar-refractivity contribution is -0.133. The van der Waals surface area contributed by atoms with Crippen molar-refractivity contribution in [2.24, 2.45) is 5.92 Å². The highest BCUT2D eigenvalue weighted by atomic mass is 16.5. The summed E-state index contributed by atoms with van der Waals surface area (Å²) in [5, 5.41) is 15.1. The van der Waals surface area contributed by atoms with E-state index >= 15 is 0 Å². The van der Waals surface area contributed by atoms with Crippen molar-refractivity contribution < 1.29 is 14.3 Å². The van der Waals surface area contributed by atoms with Crippen LogP contribution in [0.5, 0.6) is 5.75 Å². The number of terminal acetylenes is 1. The Hall–Kier alpha value is -3.86. The maximum Gasteiger partial charge on any atom is 0.253 e. The Bertz CT molecular complexity index is 1260. The SMILES string of the molecule is C#CCCC(c1cncc(C(=O)N[C@H]2CC(C)(C)Oc3ccccc32)c1)N1C(=N)N[C@](C)(C(C)C)CC1=O. The van der Waals surface area contributed by atoms with E-state index in [0.29, 0.717) is 30.4 Å². The fourth-order valence-electron chi connectivity index (χ4n) is 5.18. The average molecular weight is 516 g/mol. The van der Waals surface area contributed by atoms with Crippen LogP contribution in [0, 0.1) is 23.7 Å². The fourth-order valence-corrected chi connectivity index (χ4v) is 5.18. The number of ether oxygens (including phenoxy) is 1. The first kappa shape index (κ1) is 27.2. The molecule has 0 aliphatic carbocycles. The molecule has 2 aliphatic heterocycles. The van der Waals surface area contributed by atoms with Gasteiger partial charge in [0.05, 0.1) is 24.1 Å². The summed E-state index contributed by atoms with van der Waals surface area (Å²) in [7, 11) is 0. The Morgan fingerprint density at radius 1 is 1.32 bits per heavy atom. The third-order valence-corrected chi connectivity index (χ3v) is 7.67. The molecule has 0 saturated carbocycles. The molecule has 4 rings (SSSR count). The number of pyridine rings is 1. The van der Waals surface area contributed by atoms with Gasteiger partial charge in [0, 0.05) is 36.3 Å². The van der Waals surface area contributed by atoms with Crippen molar-refractivity contribution in [3.63, 3.8) is 0 Å². The molecule has 200 valence electrons. The predicted molar refractivity (Wildman–Crippen MR) is 147 cm³/mol. The smallest absolute Gasteiger partial charge is 0.253 e. The molecule has 8 nitrogen and oxygen atoms in total. The monoisotopic (exact) mass is 515 g/mol. The van der Waals surface area contributed by atoms with Crippen molar-refractivity contribution in [1.82, 2.24) is 20.5 Å². The predicted octanol–water partition coefficient (Wildman–Crippen LogP) is 4.74. The van der Waals surface area contributed by atoms with Gasteiger partial charge >= 0.3 is 0 Å². The summed E-state index contributed by atoms with van der Waals surface area (Å²) in [5.41, 5.74) is 1.04. The van der Waals surface area contributed by atoms with Crippen molar-refractivity contribution in [3.8, 4) is 18.1 Å². The Morgan fingerprint density at radius 2 is 2.05 bits per heavy atom. The molecular weight excluding hydrogens is 478 g/mol. The highest BCUT2D eigenvalue weighted by molar-refractivity contribution is 6.00. The first-order valence-electron chi connectivity index (χ1n) is 13.1. The number of rotatable bonds is 7. The number of guanidine groups is 1. The fraction of sp³-hybridized carbons (Fsp3) is 0.467. The van der Waals surface area contributed by atoms with Gasteiger partial charge in [-0.1, -0.05) is 32.0 Å². The van der Waals surface area contributed by atoms with Crippen LogP contribution in [0.1, 0.15) is 93.9 Å². The number of nitrogens with zero attached hydrogens (tertiary/aromatic N) is 2. The van der Waals surface area contributed by atoms with E-state index in [1.54, 1.807) is 12.3 Å². The van der Waals surface area contributed by atoms with Gasteiger partial charge in [-0.2, -0.15) is 0 Å². The van der Waals surface area contributed by atoms with Gasteiger partial charge in [-0.3, -0.25) is 24.9 Å². The second kappa shape index (κ2) is 10.5. The summed E-state index contributed by atoms with van der Waals surface area (Å²) in [6.07, 6.45) is 10.5. The largest absolute Gasteiger partial charge is 0.487 e. The van der Waals surface area contributed by atoms with Crippen LogP contribution in [0.15, 0.2) is 42.7 Å². The van der Waals surface area contributed by atoms with E-state index in [1.165, 1.54) is 11.1 Å². The maximum atomic E-state index is 13.4. The molecule has 3 atom stereocenters. The van der Waals surface area contributed by atoms with Crippen LogP contribution in [0.4, 0.5) is 0 Å². The lowest BCUT2D eigenvalue weighted by Crippen LogP contribution is -2.63. The molecule has 2 aromatic rings. The molecule has 0 bridgehead atoms. The summed E-state index contributed by atoms with van der Waals surface area (Å²) < 4.78 is 6.10. The molecule has 2 amide bonds. The lowest BCUT2D eigenvalue weighted by atomic mass is 9.83. The number of hydrogen-bond donors (Lipinski definition) is 3. The van der Waals surface area contributed by atoms with Gasteiger partial charge in [-0.05, 0) is 50.8 Å². The van der Waals surface area contributed by atoms with E-state index in [0.717, 1.165) is 11.3 Å². The minimum Gasteiger partial charge on any atom is -0.487 e. The second-order valence-electron chi connectivity index (χ2n) is 11.4. The Kier molecular flexibility index (Phi) is 7.50. The highest BCUT2D eigenvalue weighted by Crippen LogP contribution is 2.39. The number of fused-ring (bicyclic) bond motifs is 1. The van der Waals surface area contributed by atoms with Crippen LogP contribution < -0.4 is 15.4 Å².